The second-order valence-electron chi connectivity index (χ2n) is 15.4. The first-order chi connectivity index (χ1) is 22.1. The van der Waals surface area contributed by atoms with Crippen LogP contribution in [0, 0.1) is 4.78 Å². The number of nitrogens with one attached hydrogen (secondary N) is 1. The Labute approximate surface area is 295 Å². The van der Waals surface area contributed by atoms with E-state index < -0.39 is 39.9 Å². The first-order valence-corrected chi connectivity index (χ1v) is 25.6. The van der Waals surface area contributed by atoms with Gasteiger partial charge >= 0.3 is 11.9 Å². The molecule has 0 aromatic rings. The summed E-state index contributed by atoms with van der Waals surface area (Å²) >= 11 is 3.33. The molecule has 0 radical (unpaired) electrons. The fourth-order valence-corrected chi connectivity index (χ4v) is 8.69. The highest BCUT2D eigenvalue weighted by atomic mass is 32.1. The number of carbonyl (C=O) groups is 4. The van der Waals surface area contributed by atoms with Gasteiger partial charge in [-0.3, -0.25) is 14.4 Å². The molecule has 1 heterocycles. The molecule has 1 rings (SSSR count). The second-order valence-corrected chi connectivity index (χ2v) is 26.6. The maximum atomic E-state index is 11.7. The summed E-state index contributed by atoms with van der Waals surface area (Å²) in [6.07, 6.45) is 20.2. The first-order valence-electron chi connectivity index (χ1n) is 18.6. The Morgan fingerprint density at radius 2 is 0.936 bits per heavy atom. The standard InChI is InChI=1S/C20H37NO4Si.C16H34O2Si.HNS/c1-17(2)26(3,4)16-12-10-8-6-5-7-9-11-13-20(24)25-21-18(22)14-15-19(21)23;1-15(2)19(3,4)14-12-10-8-6-5-7-9-11-13-16(17)18;1-2/h17H,5-16H2,1-4H3;15H,5-14H2,1-4H3,(H,17,18);1H. The van der Waals surface area contributed by atoms with Crippen molar-refractivity contribution in [2.75, 3.05) is 0 Å². The lowest BCUT2D eigenvalue weighted by Crippen LogP contribution is -2.31. The van der Waals surface area contributed by atoms with Gasteiger partial charge in [-0.2, -0.15) is 0 Å². The number of amides is 2. The molecule has 2 amide bonds. The molecule has 0 aromatic carbocycles. The van der Waals surface area contributed by atoms with Crippen LogP contribution in [0.4, 0.5) is 0 Å². The van der Waals surface area contributed by atoms with Crippen molar-refractivity contribution in [1.82, 2.24) is 5.06 Å². The molecule has 0 bridgehead atoms. The number of aliphatic carboxylic acids is 1. The molecule has 2 N–H and O–H groups in total. The number of hydroxylamine groups is 2. The molecule has 0 saturated carbocycles. The van der Waals surface area contributed by atoms with Crippen LogP contribution >= 0.6 is 0 Å². The van der Waals surface area contributed by atoms with E-state index in [0.717, 1.165) is 43.2 Å². The zero-order valence-corrected chi connectivity index (χ0v) is 34.4. The van der Waals surface area contributed by atoms with E-state index in [-0.39, 0.29) is 19.3 Å². The van der Waals surface area contributed by atoms with E-state index >= 15 is 0 Å². The maximum Gasteiger partial charge on any atom is 0.333 e. The molecule has 47 heavy (non-hydrogen) atoms. The number of carbonyl (C=O) groups excluding carboxylic acids is 3. The summed E-state index contributed by atoms with van der Waals surface area (Å²) < 4.78 is 5.33. The van der Waals surface area contributed by atoms with E-state index in [1.54, 1.807) is 0 Å². The van der Waals surface area contributed by atoms with E-state index in [9.17, 15) is 19.2 Å². The van der Waals surface area contributed by atoms with Crippen LogP contribution in [0.15, 0.2) is 0 Å². The van der Waals surface area contributed by atoms with Gasteiger partial charge in [-0.15, -0.1) is 5.06 Å². The number of carboxylic acid groups (broad SMARTS) is 1. The number of nitrogens with zero attached hydrogens (tertiary/aromatic N) is 1. The Kier molecular flexibility index (Phi) is 28.8. The normalized spacial score (nSPS) is 13.4. The highest BCUT2D eigenvalue weighted by Crippen LogP contribution is 2.28. The molecule has 0 unspecified atom stereocenters. The van der Waals surface area contributed by atoms with Crippen LogP contribution in [0.2, 0.25) is 49.4 Å². The summed E-state index contributed by atoms with van der Waals surface area (Å²) in [6, 6.07) is 2.91. The van der Waals surface area contributed by atoms with E-state index in [1.807, 2.05) is 0 Å². The van der Waals surface area contributed by atoms with Crippen LogP contribution in [-0.4, -0.2) is 50.1 Å². The lowest BCUT2D eigenvalue weighted by atomic mass is 10.1. The minimum Gasteiger partial charge on any atom is -0.481 e. The maximum absolute atomic E-state index is 11.7. The molecule has 1 saturated heterocycles. The van der Waals surface area contributed by atoms with Gasteiger partial charge in [0, 0.05) is 54.3 Å². The van der Waals surface area contributed by atoms with Crippen molar-refractivity contribution >= 4 is 52.3 Å². The number of unbranched alkanes of at least 4 members (excludes halogenated alkanes) is 14. The van der Waals surface area contributed by atoms with Crippen molar-refractivity contribution in [3.63, 3.8) is 0 Å². The second kappa shape index (κ2) is 28.4. The van der Waals surface area contributed by atoms with Gasteiger partial charge in [-0.1, -0.05) is 167 Å². The highest BCUT2D eigenvalue weighted by Gasteiger charge is 2.32. The Hall–Kier alpha value is -1.47. The Balaban J connectivity index is 0. The van der Waals surface area contributed by atoms with Crippen LogP contribution in [0.3, 0.4) is 0 Å². The summed E-state index contributed by atoms with van der Waals surface area (Å²) in [7, 11) is -1.92. The molecule has 0 aliphatic carbocycles. The molecule has 8 nitrogen and oxygen atoms in total. The Bertz CT molecular complexity index is 854. The van der Waals surface area contributed by atoms with Crippen LogP contribution in [0.5, 0.6) is 0 Å². The third-order valence-corrected chi connectivity index (χ3v) is 19.8. The van der Waals surface area contributed by atoms with E-state index in [4.69, 9.17) is 14.7 Å². The third kappa shape index (κ3) is 26.1. The summed E-state index contributed by atoms with van der Waals surface area (Å²) in [6.45, 7) is 19.5. The van der Waals surface area contributed by atoms with Crippen molar-refractivity contribution in [3.05, 3.63) is 0 Å². The minimum absolute atomic E-state index is 0.142. The van der Waals surface area contributed by atoms with Gasteiger partial charge in [0.1, 0.15) is 0 Å². The largest absolute Gasteiger partial charge is 0.481 e. The molecule has 11 heteroatoms. The highest BCUT2D eigenvalue weighted by molar-refractivity contribution is 7.45. The van der Waals surface area contributed by atoms with Crippen LogP contribution in [-0.2, 0) is 36.4 Å². The Morgan fingerprint density at radius 3 is 1.26 bits per heavy atom. The zero-order valence-electron chi connectivity index (χ0n) is 31.6. The predicted octanol–water partition coefficient (Wildman–Crippen LogP) is 11.2. The van der Waals surface area contributed by atoms with Crippen molar-refractivity contribution in [2.45, 2.75) is 205 Å². The van der Waals surface area contributed by atoms with E-state index in [0.29, 0.717) is 11.5 Å². The minimum atomic E-state index is -0.989. The van der Waals surface area contributed by atoms with Crippen molar-refractivity contribution < 1.29 is 29.1 Å². The summed E-state index contributed by atoms with van der Waals surface area (Å²) in [5.74, 6) is -1.96. The molecular weight excluding hydrogens is 645 g/mol. The third-order valence-electron chi connectivity index (χ3n) is 10.2. The fraction of sp³-hybridized carbons (Fsp3) is 0.889. The number of rotatable bonds is 25. The van der Waals surface area contributed by atoms with Gasteiger partial charge in [0.25, 0.3) is 11.8 Å². The summed E-state index contributed by atoms with van der Waals surface area (Å²) in [5.41, 5.74) is 1.78. The van der Waals surface area contributed by atoms with Crippen molar-refractivity contribution in [1.29, 1.82) is 4.78 Å². The van der Waals surface area contributed by atoms with Gasteiger partial charge in [-0.05, 0) is 12.8 Å². The lowest BCUT2D eigenvalue weighted by Gasteiger charge is -2.26. The summed E-state index contributed by atoms with van der Waals surface area (Å²) in [5, 5.41) is 9.15. The van der Waals surface area contributed by atoms with Gasteiger partial charge in [0.05, 0.1) is 0 Å². The van der Waals surface area contributed by atoms with Crippen molar-refractivity contribution in [2.24, 2.45) is 0 Å². The number of hydrogen-bond donors (Lipinski definition) is 2. The van der Waals surface area contributed by atoms with Crippen LogP contribution in [0.25, 0.3) is 0 Å². The number of hydrogen-bond acceptors (Lipinski definition) is 7. The van der Waals surface area contributed by atoms with Gasteiger partial charge in [0.2, 0.25) is 0 Å². The first kappa shape index (κ1) is 47.6. The SMILES string of the molecule is CC(C)[Si](C)(C)CCCCCCCCCCC(=O)O.CC(C)[Si](C)(C)CCCCCCCCCCC(=O)ON1C(=O)CCC1=O.N=S. The molecule has 0 aromatic heterocycles. The average molecular weight is 717 g/mol. The topological polar surface area (TPSA) is 125 Å². The lowest BCUT2D eigenvalue weighted by molar-refractivity contribution is -0.197. The monoisotopic (exact) mass is 716 g/mol. The average Bonchev–Trinajstić information content (AvgIpc) is 3.32. The van der Waals surface area contributed by atoms with Crippen LogP contribution < -0.4 is 0 Å². The molecule has 0 atom stereocenters. The smallest absolute Gasteiger partial charge is 0.333 e. The molecule has 1 fully saturated rings. The Morgan fingerprint density at radius 1 is 0.638 bits per heavy atom. The van der Waals surface area contributed by atoms with E-state index in [2.05, 4.69) is 66.3 Å². The molecule has 1 aliphatic rings. The fourth-order valence-electron chi connectivity index (χ4n) is 5.21. The van der Waals surface area contributed by atoms with Crippen LogP contribution in [0.1, 0.15) is 156 Å². The van der Waals surface area contributed by atoms with Gasteiger partial charge in [0.15, 0.2) is 0 Å². The van der Waals surface area contributed by atoms with Gasteiger partial charge < -0.3 is 9.94 Å². The zero-order chi connectivity index (χ0) is 36.3. The molecule has 0 spiro atoms. The molecule has 276 valence electrons. The number of carboxylic acids is 1. The van der Waals surface area contributed by atoms with Crippen molar-refractivity contribution in [3.8, 4) is 0 Å². The van der Waals surface area contributed by atoms with Gasteiger partial charge in [-0.25, -0.2) is 9.57 Å². The predicted molar refractivity (Wildman–Crippen MR) is 203 cm³/mol. The molecule has 1 aliphatic heterocycles. The number of imide groups is 1. The van der Waals surface area contributed by atoms with E-state index in [1.165, 1.54) is 82.7 Å². The quantitative estimate of drug-likeness (QED) is 0.0547. The summed E-state index contributed by atoms with van der Waals surface area (Å²) in [4.78, 5) is 49.6. The molecular formula is C36H72N2O6SSi2.